The van der Waals surface area contributed by atoms with Crippen molar-refractivity contribution in [3.8, 4) is 0 Å². The quantitative estimate of drug-likeness (QED) is 0.817. The first-order chi connectivity index (χ1) is 10.2. The van der Waals surface area contributed by atoms with E-state index in [0.717, 1.165) is 56.8 Å². The Morgan fingerprint density at radius 1 is 1.05 bits per heavy atom. The summed E-state index contributed by atoms with van der Waals surface area (Å²) in [5.74, 6) is 1.85. The molecule has 2 aliphatic heterocycles. The lowest BCUT2D eigenvalue weighted by atomic mass is 10.2. The predicted molar refractivity (Wildman–Crippen MR) is 82.0 cm³/mol. The molecule has 0 unspecified atom stereocenters. The number of hydrogen-bond acceptors (Lipinski definition) is 6. The predicted octanol–water partition coefficient (Wildman–Crippen LogP) is 1.24. The van der Waals surface area contributed by atoms with Gasteiger partial charge in [-0.2, -0.15) is 4.98 Å². The molecule has 2 saturated heterocycles. The first kappa shape index (κ1) is 14.5. The van der Waals surface area contributed by atoms with Crippen LogP contribution in [0.2, 0.25) is 0 Å². The Labute approximate surface area is 126 Å². The third-order valence-electron chi connectivity index (χ3n) is 4.20. The number of anilines is 2. The molecule has 1 aromatic heterocycles. The summed E-state index contributed by atoms with van der Waals surface area (Å²) < 4.78 is 11.0. The number of ether oxygens (including phenoxy) is 2. The van der Waals surface area contributed by atoms with E-state index in [1.165, 1.54) is 0 Å². The van der Waals surface area contributed by atoms with Crippen molar-refractivity contribution < 1.29 is 9.47 Å². The number of aryl methyl sites for hydroxylation is 1. The number of rotatable bonds is 2. The highest BCUT2D eigenvalue weighted by molar-refractivity contribution is 5.51. The summed E-state index contributed by atoms with van der Waals surface area (Å²) in [7, 11) is 0. The molecule has 116 valence electrons. The molecule has 2 atom stereocenters. The highest BCUT2D eigenvalue weighted by Gasteiger charge is 2.25. The van der Waals surface area contributed by atoms with E-state index in [9.17, 15) is 0 Å². The number of hydrogen-bond donors (Lipinski definition) is 0. The summed E-state index contributed by atoms with van der Waals surface area (Å²) in [4.78, 5) is 13.9. The molecule has 2 aliphatic rings. The van der Waals surface area contributed by atoms with Crippen LogP contribution < -0.4 is 9.80 Å². The second-order valence-corrected chi connectivity index (χ2v) is 5.91. The summed E-state index contributed by atoms with van der Waals surface area (Å²) in [5, 5.41) is 0. The molecule has 2 fully saturated rings. The molecule has 6 nitrogen and oxygen atoms in total. The van der Waals surface area contributed by atoms with Crippen LogP contribution in [0.3, 0.4) is 0 Å². The maximum Gasteiger partial charge on any atom is 0.227 e. The molecule has 0 aromatic carbocycles. The number of morpholine rings is 2. The van der Waals surface area contributed by atoms with Crippen molar-refractivity contribution in [1.29, 1.82) is 0 Å². The maximum atomic E-state index is 5.52. The summed E-state index contributed by atoms with van der Waals surface area (Å²) in [6.45, 7) is 11.1. The fourth-order valence-corrected chi connectivity index (χ4v) is 2.92. The Balaban J connectivity index is 1.88. The summed E-state index contributed by atoms with van der Waals surface area (Å²) >= 11 is 0. The van der Waals surface area contributed by atoms with Gasteiger partial charge in [0.2, 0.25) is 5.95 Å². The normalized spacial score (nSPS) is 27.0. The zero-order chi connectivity index (χ0) is 14.8. The van der Waals surface area contributed by atoms with Crippen LogP contribution in [0.1, 0.15) is 19.4 Å². The minimum Gasteiger partial charge on any atom is -0.377 e. The molecule has 6 heteroatoms. The Hall–Kier alpha value is -1.40. The average Bonchev–Trinajstić information content (AvgIpc) is 2.49. The van der Waals surface area contributed by atoms with Gasteiger partial charge in [0.1, 0.15) is 5.82 Å². The van der Waals surface area contributed by atoms with Crippen molar-refractivity contribution in [2.75, 3.05) is 49.3 Å². The first-order valence-electron chi connectivity index (χ1n) is 7.69. The lowest BCUT2D eigenvalue weighted by Crippen LogP contribution is -2.46. The Kier molecular flexibility index (Phi) is 4.26. The van der Waals surface area contributed by atoms with Gasteiger partial charge in [0.15, 0.2) is 0 Å². The van der Waals surface area contributed by atoms with E-state index in [1.54, 1.807) is 0 Å². The molecule has 0 amide bonds. The second-order valence-electron chi connectivity index (χ2n) is 5.91. The fourth-order valence-electron chi connectivity index (χ4n) is 2.92. The molecule has 0 aliphatic carbocycles. The number of aromatic nitrogens is 2. The van der Waals surface area contributed by atoms with Crippen molar-refractivity contribution in [3.05, 3.63) is 11.8 Å². The lowest BCUT2D eigenvalue weighted by molar-refractivity contribution is 0.0971. The van der Waals surface area contributed by atoms with Gasteiger partial charge in [-0.3, -0.25) is 0 Å². The zero-order valence-corrected chi connectivity index (χ0v) is 13.1. The van der Waals surface area contributed by atoms with Crippen LogP contribution in [0.5, 0.6) is 0 Å². The summed E-state index contributed by atoms with van der Waals surface area (Å²) in [6.07, 6.45) is 1.93. The van der Waals surface area contributed by atoms with E-state index in [0.29, 0.717) is 12.1 Å². The molecule has 3 heterocycles. The lowest BCUT2D eigenvalue weighted by Gasteiger charge is -2.37. The van der Waals surface area contributed by atoms with Gasteiger partial charge in [0.25, 0.3) is 0 Å². The maximum absolute atomic E-state index is 5.52. The molecule has 0 spiro atoms. The van der Waals surface area contributed by atoms with E-state index < -0.39 is 0 Å². The zero-order valence-electron chi connectivity index (χ0n) is 13.1. The molecule has 1 aromatic rings. The third-order valence-corrected chi connectivity index (χ3v) is 4.20. The second kappa shape index (κ2) is 6.15. The molecule has 0 N–H and O–H groups in total. The van der Waals surface area contributed by atoms with Gasteiger partial charge in [0, 0.05) is 24.8 Å². The highest BCUT2D eigenvalue weighted by atomic mass is 16.5. The Morgan fingerprint density at radius 2 is 1.67 bits per heavy atom. The van der Waals surface area contributed by atoms with Crippen molar-refractivity contribution in [2.45, 2.75) is 32.9 Å². The van der Waals surface area contributed by atoms with Crippen LogP contribution in [0.15, 0.2) is 6.20 Å². The fraction of sp³-hybridized carbons (Fsp3) is 0.733. The van der Waals surface area contributed by atoms with Gasteiger partial charge >= 0.3 is 0 Å². The van der Waals surface area contributed by atoms with Crippen molar-refractivity contribution >= 4 is 11.8 Å². The van der Waals surface area contributed by atoms with Crippen LogP contribution in [0.25, 0.3) is 0 Å². The van der Waals surface area contributed by atoms with E-state index in [-0.39, 0.29) is 0 Å². The van der Waals surface area contributed by atoms with Crippen LogP contribution in [-0.4, -0.2) is 61.6 Å². The Bertz CT molecular complexity index is 497. The third kappa shape index (κ3) is 2.96. The first-order valence-corrected chi connectivity index (χ1v) is 7.69. The molecule has 0 radical (unpaired) electrons. The average molecular weight is 292 g/mol. The monoisotopic (exact) mass is 292 g/mol. The highest BCUT2D eigenvalue weighted by Crippen LogP contribution is 2.24. The molecular formula is C15H24N4O2. The number of nitrogens with zero attached hydrogens (tertiary/aromatic N) is 4. The molecule has 0 bridgehead atoms. The van der Waals surface area contributed by atoms with Gasteiger partial charge in [-0.25, -0.2) is 4.98 Å². The van der Waals surface area contributed by atoms with E-state index >= 15 is 0 Å². The SMILES string of the molecule is Cc1cnc(N2CCOC[C@H]2C)nc1N1CCOC[C@@H]1C. The van der Waals surface area contributed by atoms with Crippen LogP contribution >= 0.6 is 0 Å². The minimum absolute atomic E-state index is 0.316. The van der Waals surface area contributed by atoms with Crippen molar-refractivity contribution in [3.63, 3.8) is 0 Å². The topological polar surface area (TPSA) is 50.7 Å². The Morgan fingerprint density at radius 3 is 2.29 bits per heavy atom. The van der Waals surface area contributed by atoms with Crippen LogP contribution in [-0.2, 0) is 9.47 Å². The van der Waals surface area contributed by atoms with Crippen LogP contribution in [0.4, 0.5) is 11.8 Å². The van der Waals surface area contributed by atoms with E-state index in [4.69, 9.17) is 14.5 Å². The van der Waals surface area contributed by atoms with Gasteiger partial charge in [0.05, 0.1) is 38.5 Å². The summed E-state index contributed by atoms with van der Waals surface area (Å²) in [6, 6.07) is 0.665. The molecule has 3 rings (SSSR count). The standard InChI is InChI=1S/C15H24N4O2/c1-11-8-16-15(19-5-7-21-10-13(19)3)17-14(11)18-4-6-20-9-12(18)2/h8,12-13H,4-7,9-10H2,1-3H3/t12-,13+/m0/s1. The van der Waals surface area contributed by atoms with E-state index in [1.807, 2.05) is 6.20 Å². The van der Waals surface area contributed by atoms with Crippen molar-refractivity contribution in [1.82, 2.24) is 9.97 Å². The van der Waals surface area contributed by atoms with Gasteiger partial charge in [-0.15, -0.1) is 0 Å². The van der Waals surface area contributed by atoms with Gasteiger partial charge in [-0.1, -0.05) is 0 Å². The van der Waals surface area contributed by atoms with Gasteiger partial charge < -0.3 is 19.3 Å². The van der Waals surface area contributed by atoms with Crippen LogP contribution in [0, 0.1) is 6.92 Å². The van der Waals surface area contributed by atoms with E-state index in [2.05, 4.69) is 35.6 Å². The van der Waals surface area contributed by atoms with Gasteiger partial charge in [-0.05, 0) is 20.8 Å². The van der Waals surface area contributed by atoms with Crippen molar-refractivity contribution in [2.24, 2.45) is 0 Å². The largest absolute Gasteiger partial charge is 0.377 e. The summed E-state index contributed by atoms with van der Waals surface area (Å²) in [5.41, 5.74) is 1.12. The molecule has 0 saturated carbocycles. The minimum atomic E-state index is 0.316. The molecular weight excluding hydrogens is 268 g/mol. The molecule has 21 heavy (non-hydrogen) atoms. The smallest absolute Gasteiger partial charge is 0.227 e.